The van der Waals surface area contributed by atoms with Crippen LogP contribution in [0, 0.1) is 6.92 Å². The van der Waals surface area contributed by atoms with Crippen molar-refractivity contribution in [1.29, 1.82) is 0 Å². The summed E-state index contributed by atoms with van der Waals surface area (Å²) in [5.41, 5.74) is 2.52. The van der Waals surface area contributed by atoms with Crippen LogP contribution in [0.3, 0.4) is 0 Å². The van der Waals surface area contributed by atoms with E-state index in [1.54, 1.807) is 30.1 Å². The molecule has 6 nitrogen and oxygen atoms in total. The smallest absolute Gasteiger partial charge is 0.251 e. The molecule has 0 saturated heterocycles. The maximum atomic E-state index is 12.0. The number of aromatic nitrogens is 3. The largest absolute Gasteiger partial charge is 0.373 e. The highest BCUT2D eigenvalue weighted by Crippen LogP contribution is 2.07. The van der Waals surface area contributed by atoms with Gasteiger partial charge in [-0.15, -0.1) is 0 Å². The van der Waals surface area contributed by atoms with Crippen molar-refractivity contribution in [3.63, 3.8) is 0 Å². The van der Waals surface area contributed by atoms with Crippen molar-refractivity contribution in [3.8, 4) is 0 Å². The van der Waals surface area contributed by atoms with E-state index in [9.17, 15) is 4.79 Å². The third-order valence-corrected chi connectivity index (χ3v) is 2.83. The third kappa shape index (κ3) is 3.09. The lowest BCUT2D eigenvalue weighted by Crippen LogP contribution is -2.23. The summed E-state index contributed by atoms with van der Waals surface area (Å²) in [7, 11) is 3.63. The van der Waals surface area contributed by atoms with Gasteiger partial charge < -0.3 is 10.6 Å². The molecular weight excluding hydrogens is 242 g/mol. The van der Waals surface area contributed by atoms with E-state index in [1.165, 1.54) is 0 Å². The van der Waals surface area contributed by atoms with E-state index >= 15 is 0 Å². The monoisotopic (exact) mass is 259 g/mol. The van der Waals surface area contributed by atoms with E-state index in [4.69, 9.17) is 0 Å². The van der Waals surface area contributed by atoms with Gasteiger partial charge in [-0.1, -0.05) is 0 Å². The van der Waals surface area contributed by atoms with Crippen LogP contribution in [0.1, 0.15) is 21.6 Å². The van der Waals surface area contributed by atoms with Gasteiger partial charge in [-0.25, -0.2) is 4.98 Å². The van der Waals surface area contributed by atoms with Gasteiger partial charge >= 0.3 is 0 Å². The molecule has 0 aliphatic rings. The first-order valence-corrected chi connectivity index (χ1v) is 6.01. The zero-order valence-corrected chi connectivity index (χ0v) is 11.3. The fourth-order valence-corrected chi connectivity index (χ4v) is 1.81. The Morgan fingerprint density at radius 3 is 2.89 bits per heavy atom. The zero-order chi connectivity index (χ0) is 13.8. The standard InChI is InChI=1S/C13H17N5O/c1-9-11(8-18(3)17-9)7-16-13(19)10-4-5-15-12(6-10)14-2/h4-6,8H,7H2,1-3H3,(H,14,15)(H,16,19). The van der Waals surface area contributed by atoms with E-state index in [0.29, 0.717) is 17.9 Å². The molecule has 0 fully saturated rings. The van der Waals surface area contributed by atoms with Crippen molar-refractivity contribution in [3.05, 3.63) is 41.3 Å². The first kappa shape index (κ1) is 13.1. The number of nitrogens with one attached hydrogen (secondary N) is 2. The molecule has 0 aliphatic heterocycles. The van der Waals surface area contributed by atoms with Crippen molar-refractivity contribution in [2.45, 2.75) is 13.5 Å². The molecule has 1 amide bonds. The van der Waals surface area contributed by atoms with Gasteiger partial charge in [0.25, 0.3) is 5.91 Å². The Hall–Kier alpha value is -2.37. The van der Waals surface area contributed by atoms with Gasteiger partial charge in [0, 0.05) is 44.2 Å². The van der Waals surface area contributed by atoms with Crippen LogP contribution in [0.2, 0.25) is 0 Å². The van der Waals surface area contributed by atoms with E-state index in [-0.39, 0.29) is 5.91 Å². The molecular formula is C13H17N5O. The number of carbonyl (C=O) groups is 1. The molecule has 2 N–H and O–H groups in total. The fourth-order valence-electron chi connectivity index (χ4n) is 1.81. The zero-order valence-electron chi connectivity index (χ0n) is 11.3. The highest BCUT2D eigenvalue weighted by atomic mass is 16.1. The molecule has 2 heterocycles. The summed E-state index contributed by atoms with van der Waals surface area (Å²) in [5.74, 6) is 0.548. The fraction of sp³-hybridized carbons (Fsp3) is 0.308. The average molecular weight is 259 g/mol. The summed E-state index contributed by atoms with van der Waals surface area (Å²) < 4.78 is 1.74. The SMILES string of the molecule is CNc1cc(C(=O)NCc2cn(C)nc2C)ccn1. The van der Waals surface area contributed by atoms with Gasteiger partial charge in [-0.05, 0) is 19.1 Å². The minimum absolute atomic E-state index is 0.123. The summed E-state index contributed by atoms with van der Waals surface area (Å²) in [5, 5.41) is 10.0. The Bertz CT molecular complexity index is 590. The Balaban J connectivity index is 2.03. The molecule has 0 unspecified atom stereocenters. The molecule has 2 aromatic heterocycles. The second-order valence-electron chi connectivity index (χ2n) is 4.28. The molecule has 19 heavy (non-hydrogen) atoms. The molecule has 0 aliphatic carbocycles. The first-order chi connectivity index (χ1) is 9.10. The number of nitrogens with zero attached hydrogens (tertiary/aromatic N) is 3. The van der Waals surface area contributed by atoms with Gasteiger partial charge in [-0.3, -0.25) is 9.48 Å². The Morgan fingerprint density at radius 1 is 1.47 bits per heavy atom. The Kier molecular flexibility index (Phi) is 3.79. The highest BCUT2D eigenvalue weighted by molar-refractivity contribution is 5.94. The second kappa shape index (κ2) is 5.51. The molecule has 0 saturated carbocycles. The van der Waals surface area contributed by atoms with Crippen LogP contribution in [0.5, 0.6) is 0 Å². The number of rotatable bonds is 4. The molecule has 2 rings (SSSR count). The van der Waals surface area contributed by atoms with Gasteiger partial charge in [0.05, 0.1) is 5.69 Å². The molecule has 0 bridgehead atoms. The number of carbonyl (C=O) groups excluding carboxylic acids is 1. The summed E-state index contributed by atoms with van der Waals surface area (Å²) >= 11 is 0. The number of aryl methyl sites for hydroxylation is 2. The van der Waals surface area contributed by atoms with Crippen LogP contribution >= 0.6 is 0 Å². The lowest BCUT2D eigenvalue weighted by molar-refractivity contribution is 0.0951. The minimum Gasteiger partial charge on any atom is -0.373 e. The second-order valence-corrected chi connectivity index (χ2v) is 4.28. The van der Waals surface area contributed by atoms with Crippen LogP contribution in [-0.4, -0.2) is 27.7 Å². The molecule has 0 spiro atoms. The quantitative estimate of drug-likeness (QED) is 0.862. The number of hydrogen-bond donors (Lipinski definition) is 2. The molecule has 0 atom stereocenters. The topological polar surface area (TPSA) is 71.8 Å². The van der Waals surface area contributed by atoms with Crippen molar-refractivity contribution in [2.24, 2.45) is 7.05 Å². The average Bonchev–Trinajstić information content (AvgIpc) is 2.74. The van der Waals surface area contributed by atoms with Crippen LogP contribution in [0.25, 0.3) is 0 Å². The van der Waals surface area contributed by atoms with Crippen molar-refractivity contribution in [2.75, 3.05) is 12.4 Å². The van der Waals surface area contributed by atoms with Crippen molar-refractivity contribution >= 4 is 11.7 Å². The van der Waals surface area contributed by atoms with Crippen LogP contribution in [0.4, 0.5) is 5.82 Å². The molecule has 100 valence electrons. The molecule has 0 radical (unpaired) electrons. The van der Waals surface area contributed by atoms with Crippen LogP contribution in [-0.2, 0) is 13.6 Å². The Morgan fingerprint density at radius 2 is 2.26 bits per heavy atom. The van der Waals surface area contributed by atoms with E-state index < -0.39 is 0 Å². The normalized spacial score (nSPS) is 10.3. The van der Waals surface area contributed by atoms with Gasteiger partial charge in [0.15, 0.2) is 0 Å². The van der Waals surface area contributed by atoms with Crippen LogP contribution < -0.4 is 10.6 Å². The van der Waals surface area contributed by atoms with Crippen molar-refractivity contribution < 1.29 is 4.79 Å². The van der Waals surface area contributed by atoms with Crippen LogP contribution in [0.15, 0.2) is 24.5 Å². The van der Waals surface area contributed by atoms with E-state index in [1.807, 2.05) is 20.2 Å². The first-order valence-electron chi connectivity index (χ1n) is 6.01. The van der Waals surface area contributed by atoms with Gasteiger partial charge in [0.1, 0.15) is 5.82 Å². The number of hydrogen-bond acceptors (Lipinski definition) is 4. The Labute approximate surface area is 111 Å². The summed E-state index contributed by atoms with van der Waals surface area (Å²) in [4.78, 5) is 16.1. The predicted octanol–water partition coefficient (Wildman–Crippen LogP) is 1.10. The molecule has 2 aromatic rings. The van der Waals surface area contributed by atoms with Gasteiger partial charge in [-0.2, -0.15) is 5.10 Å². The van der Waals surface area contributed by atoms with Crippen molar-refractivity contribution in [1.82, 2.24) is 20.1 Å². The third-order valence-electron chi connectivity index (χ3n) is 2.83. The molecule has 6 heteroatoms. The van der Waals surface area contributed by atoms with Gasteiger partial charge in [0.2, 0.25) is 0 Å². The lowest BCUT2D eigenvalue weighted by atomic mass is 10.2. The number of pyridine rings is 1. The summed E-state index contributed by atoms with van der Waals surface area (Å²) in [6.07, 6.45) is 3.51. The minimum atomic E-state index is -0.123. The maximum Gasteiger partial charge on any atom is 0.251 e. The number of anilines is 1. The maximum absolute atomic E-state index is 12.0. The van der Waals surface area contributed by atoms with E-state index in [0.717, 1.165) is 11.3 Å². The highest BCUT2D eigenvalue weighted by Gasteiger charge is 2.08. The molecule has 0 aromatic carbocycles. The number of amides is 1. The van der Waals surface area contributed by atoms with E-state index in [2.05, 4.69) is 20.7 Å². The summed E-state index contributed by atoms with van der Waals surface area (Å²) in [6, 6.07) is 3.40. The lowest BCUT2D eigenvalue weighted by Gasteiger charge is -2.05. The predicted molar refractivity (Wildman–Crippen MR) is 72.9 cm³/mol. The summed E-state index contributed by atoms with van der Waals surface area (Å²) in [6.45, 7) is 2.39.